The predicted molar refractivity (Wildman–Crippen MR) is 8.44 cm³/mol. The summed E-state index contributed by atoms with van der Waals surface area (Å²) in [6.45, 7) is 0. The monoisotopic (exact) mass is 62.0 g/mol. The Morgan fingerprint density at radius 2 is 1.25 bits per heavy atom. The van der Waals surface area contributed by atoms with E-state index in [2.05, 4.69) is 9.88 Å². The van der Waals surface area contributed by atoms with Crippen LogP contribution in [0, 0.1) is 0 Å². The van der Waals surface area contributed by atoms with Crippen LogP contribution in [0.15, 0.2) is 0 Å². The van der Waals surface area contributed by atoms with Gasteiger partial charge in [0.2, 0.25) is 0 Å². The Hall–Kier alpha value is -0.160. The van der Waals surface area contributed by atoms with Gasteiger partial charge in [-0.25, -0.2) is 0 Å². The molecule has 0 atom stereocenters. The second-order valence-corrected chi connectivity index (χ2v) is 0.371. The van der Waals surface area contributed by atoms with Gasteiger partial charge in [-0.3, -0.25) is 0 Å². The van der Waals surface area contributed by atoms with Gasteiger partial charge in [0.25, 0.3) is 0 Å². The summed E-state index contributed by atoms with van der Waals surface area (Å²) in [4.78, 5) is 8.00. The number of nitrogens with one attached hydrogen (secondary N) is 2. The fraction of sp³-hybridized carbons (Fsp3) is 0. The molecule has 1 rings (SSSR count). The Morgan fingerprint density at radius 1 is 1.00 bits per heavy atom. The van der Waals surface area contributed by atoms with Gasteiger partial charge >= 0.3 is 0 Å². The fourth-order valence-electron chi connectivity index (χ4n) is 0.0417. The summed E-state index contributed by atoms with van der Waals surface area (Å²) < 4.78 is 0. The molecule has 0 saturated carbocycles. The van der Waals surface area contributed by atoms with Crippen molar-refractivity contribution < 1.29 is 9.88 Å². The Balaban J connectivity index is 2.00. The molecule has 0 aliphatic carbocycles. The normalized spacial score (nSPS) is 24.0. The van der Waals surface area contributed by atoms with Gasteiger partial charge in [0.15, 0.2) is 0 Å². The Bertz CT molecular complexity index is 12.0. The van der Waals surface area contributed by atoms with E-state index in [-0.39, 0.29) is 0 Å². The average Bonchev–Trinajstić information content (AvgIpc) is 0.722. The first kappa shape index (κ1) is 2.10. The SMILES string of the molecule is N1ONO1. The third kappa shape index (κ3) is 0.0880. The summed E-state index contributed by atoms with van der Waals surface area (Å²) in [6.07, 6.45) is 0. The summed E-state index contributed by atoms with van der Waals surface area (Å²) in [5, 5.41) is 0. The number of hydrogen-bond donors (Lipinski definition) is 2. The minimum Gasteiger partial charge on any atom is -0.159 e. The van der Waals surface area contributed by atoms with Crippen LogP contribution < -0.4 is 11.3 Å². The summed E-state index contributed by atoms with van der Waals surface area (Å²) >= 11 is 0. The van der Waals surface area contributed by atoms with Gasteiger partial charge in [-0.15, -0.1) is 0 Å². The fourth-order valence-corrected chi connectivity index (χ4v) is 0.0417. The van der Waals surface area contributed by atoms with E-state index in [0.29, 0.717) is 0 Å². The first-order valence-electron chi connectivity index (χ1n) is 0.816. The van der Waals surface area contributed by atoms with E-state index in [0.717, 1.165) is 0 Å². The van der Waals surface area contributed by atoms with Crippen molar-refractivity contribution in [1.82, 2.24) is 11.3 Å². The Labute approximate surface area is 22.5 Å². The molecular formula is H2N2O2. The molecule has 1 fully saturated rings. The highest BCUT2D eigenvalue weighted by atomic mass is 17.2. The van der Waals surface area contributed by atoms with E-state index in [1.165, 1.54) is 0 Å². The molecule has 1 aliphatic heterocycles. The van der Waals surface area contributed by atoms with Crippen LogP contribution in [-0.4, -0.2) is 0 Å². The van der Waals surface area contributed by atoms with Crippen LogP contribution in [-0.2, 0) is 9.88 Å². The van der Waals surface area contributed by atoms with Gasteiger partial charge in [-0.05, 0) is 11.3 Å². The highest BCUT2D eigenvalue weighted by Gasteiger charge is 1.91. The molecule has 0 amide bonds. The van der Waals surface area contributed by atoms with Crippen molar-refractivity contribution >= 4 is 0 Å². The summed E-state index contributed by atoms with van der Waals surface area (Å²) in [7, 11) is 0. The lowest BCUT2D eigenvalue weighted by atomic mass is 12.8. The molecule has 0 aromatic rings. The van der Waals surface area contributed by atoms with E-state index in [1.54, 1.807) is 0 Å². The maximum absolute atomic E-state index is 4.00. The van der Waals surface area contributed by atoms with Crippen molar-refractivity contribution in [1.29, 1.82) is 0 Å². The molecule has 4 nitrogen and oxygen atoms in total. The highest BCUT2D eigenvalue weighted by Crippen LogP contribution is 1.64. The summed E-state index contributed by atoms with van der Waals surface area (Å²) in [5.74, 6) is 0. The van der Waals surface area contributed by atoms with Crippen molar-refractivity contribution in [2.24, 2.45) is 0 Å². The van der Waals surface area contributed by atoms with Gasteiger partial charge in [0.05, 0.1) is 0 Å². The third-order valence-corrected chi connectivity index (χ3v) is 0.167. The van der Waals surface area contributed by atoms with E-state index in [4.69, 9.17) is 0 Å². The van der Waals surface area contributed by atoms with Gasteiger partial charge < -0.3 is 0 Å². The molecule has 2 N–H and O–H groups in total. The largest absolute Gasteiger partial charge is 0.159 e. The highest BCUT2D eigenvalue weighted by molar-refractivity contribution is 3.70. The van der Waals surface area contributed by atoms with Crippen LogP contribution in [0.5, 0.6) is 0 Å². The zero-order valence-corrected chi connectivity index (χ0v) is 1.82. The van der Waals surface area contributed by atoms with Crippen LogP contribution in [0.3, 0.4) is 0 Å². The topological polar surface area (TPSA) is 42.5 Å². The van der Waals surface area contributed by atoms with Gasteiger partial charge in [0.1, 0.15) is 0 Å². The van der Waals surface area contributed by atoms with Crippen LogP contribution in [0.4, 0.5) is 0 Å². The smallest absolute Gasteiger partial charge is 0.0348 e. The quantitative estimate of drug-likeness (QED) is 0.372. The molecule has 4 heteroatoms. The van der Waals surface area contributed by atoms with Crippen LogP contribution in [0.2, 0.25) is 0 Å². The summed E-state index contributed by atoms with van der Waals surface area (Å²) in [6, 6.07) is 0. The molecule has 4 heavy (non-hydrogen) atoms. The molecule has 1 heterocycles. The molecule has 0 spiro atoms. The Kier molecular flexibility index (Phi) is 0.342. The zero-order chi connectivity index (χ0) is 2.83. The van der Waals surface area contributed by atoms with Crippen LogP contribution in [0.1, 0.15) is 0 Å². The van der Waals surface area contributed by atoms with Crippen LogP contribution in [0.25, 0.3) is 0 Å². The van der Waals surface area contributed by atoms with Crippen molar-refractivity contribution in [2.45, 2.75) is 0 Å². The summed E-state index contributed by atoms with van der Waals surface area (Å²) in [5.41, 5.74) is 4.00. The zero-order valence-electron chi connectivity index (χ0n) is 1.82. The lowest BCUT2D eigenvalue weighted by Crippen LogP contribution is -2.41. The molecule has 1 aliphatic rings. The van der Waals surface area contributed by atoms with Gasteiger partial charge in [-0.1, -0.05) is 0 Å². The molecule has 0 aromatic heterocycles. The van der Waals surface area contributed by atoms with Crippen molar-refractivity contribution in [3.63, 3.8) is 0 Å². The second kappa shape index (κ2) is 0.652. The molecule has 0 unspecified atom stereocenters. The molecule has 0 bridgehead atoms. The average molecular weight is 62.0 g/mol. The lowest BCUT2D eigenvalue weighted by Gasteiger charge is -2.10. The minimum absolute atomic E-state index is 2.00. The van der Waals surface area contributed by atoms with E-state index < -0.39 is 0 Å². The molecule has 1 saturated heterocycles. The number of rotatable bonds is 0. The maximum atomic E-state index is 4.00. The van der Waals surface area contributed by atoms with E-state index in [9.17, 15) is 0 Å². The molecule has 0 radical (unpaired) electrons. The standard InChI is InChI=1S/H2N2O2/c1-3-2-4-1/h1-2H. The van der Waals surface area contributed by atoms with Crippen LogP contribution >= 0.6 is 0 Å². The Morgan fingerprint density at radius 3 is 1.25 bits per heavy atom. The predicted octanol–water partition coefficient (Wildman–Crippen LogP) is -1.13. The molecule has 24 valence electrons. The first-order valence-corrected chi connectivity index (χ1v) is 0.816. The van der Waals surface area contributed by atoms with Crippen molar-refractivity contribution in [3.8, 4) is 0 Å². The van der Waals surface area contributed by atoms with Crippen molar-refractivity contribution in [3.05, 3.63) is 0 Å². The maximum Gasteiger partial charge on any atom is -0.0348 e. The molecular weight excluding hydrogens is 60.0 g/mol. The third-order valence-electron chi connectivity index (χ3n) is 0.167. The second-order valence-electron chi connectivity index (χ2n) is 0.371. The van der Waals surface area contributed by atoms with E-state index >= 15 is 0 Å². The first-order chi connectivity index (χ1) is 2.00. The van der Waals surface area contributed by atoms with Gasteiger partial charge in [0, 0.05) is 0 Å². The molecule has 0 aromatic carbocycles. The minimum atomic E-state index is 2.00. The van der Waals surface area contributed by atoms with Gasteiger partial charge in [-0.2, -0.15) is 9.88 Å². The van der Waals surface area contributed by atoms with E-state index in [1.807, 2.05) is 11.3 Å². The van der Waals surface area contributed by atoms with Crippen molar-refractivity contribution in [2.75, 3.05) is 0 Å². The lowest BCUT2D eigenvalue weighted by molar-refractivity contribution is -0.443. The number of hydrogen-bond acceptors (Lipinski definition) is 4.